The summed E-state index contributed by atoms with van der Waals surface area (Å²) in [7, 11) is 0. The molecular formula is C23H23N3O2. The van der Waals surface area contributed by atoms with E-state index in [9.17, 15) is 0 Å². The molecule has 2 aromatic carbocycles. The lowest BCUT2D eigenvalue weighted by Crippen LogP contribution is -2.15. The summed E-state index contributed by atoms with van der Waals surface area (Å²) in [4.78, 5) is 9.11. The second kappa shape index (κ2) is 7.35. The predicted octanol–water partition coefficient (Wildman–Crippen LogP) is 4.92. The molecular weight excluding hydrogens is 350 g/mol. The maximum absolute atomic E-state index is 5.69. The highest BCUT2D eigenvalue weighted by atomic mass is 16.6. The van der Waals surface area contributed by atoms with Crippen molar-refractivity contribution in [1.82, 2.24) is 9.97 Å². The average Bonchev–Trinajstić information content (AvgIpc) is 2.68. The molecule has 0 radical (unpaired) electrons. The number of aryl methyl sites for hydroxylation is 3. The maximum atomic E-state index is 5.69. The van der Waals surface area contributed by atoms with E-state index in [-0.39, 0.29) is 0 Å². The van der Waals surface area contributed by atoms with E-state index in [2.05, 4.69) is 47.8 Å². The van der Waals surface area contributed by atoms with Gasteiger partial charge in [-0.25, -0.2) is 4.98 Å². The Balaban J connectivity index is 1.57. The van der Waals surface area contributed by atoms with Crippen LogP contribution in [0.1, 0.15) is 22.3 Å². The van der Waals surface area contributed by atoms with Crippen molar-refractivity contribution < 1.29 is 9.47 Å². The molecule has 0 fully saturated rings. The molecule has 28 heavy (non-hydrogen) atoms. The van der Waals surface area contributed by atoms with Crippen molar-refractivity contribution in [2.45, 2.75) is 20.8 Å². The Morgan fingerprint density at radius 1 is 0.929 bits per heavy atom. The molecule has 1 aromatic heterocycles. The normalized spacial score (nSPS) is 12.5. The number of hydrogen-bond donors (Lipinski definition) is 1. The molecule has 4 rings (SSSR count). The molecule has 142 valence electrons. The van der Waals surface area contributed by atoms with Crippen LogP contribution >= 0.6 is 0 Å². The van der Waals surface area contributed by atoms with Crippen LogP contribution in [0.2, 0.25) is 0 Å². The van der Waals surface area contributed by atoms with E-state index < -0.39 is 0 Å². The molecule has 1 aliphatic rings. The minimum atomic E-state index is 0.560. The van der Waals surface area contributed by atoms with Crippen molar-refractivity contribution in [3.8, 4) is 22.8 Å². The van der Waals surface area contributed by atoms with Crippen molar-refractivity contribution in [1.29, 1.82) is 0 Å². The largest absolute Gasteiger partial charge is 0.486 e. The fourth-order valence-corrected chi connectivity index (χ4v) is 3.51. The number of ether oxygens (including phenoxy) is 2. The van der Waals surface area contributed by atoms with E-state index in [1.54, 1.807) is 12.4 Å². The van der Waals surface area contributed by atoms with Gasteiger partial charge in [-0.1, -0.05) is 24.8 Å². The van der Waals surface area contributed by atoms with Gasteiger partial charge in [-0.2, -0.15) is 0 Å². The zero-order valence-corrected chi connectivity index (χ0v) is 16.4. The molecule has 0 aliphatic carbocycles. The summed E-state index contributed by atoms with van der Waals surface area (Å²) in [6.07, 6.45) is 3.49. The van der Waals surface area contributed by atoms with Crippen LogP contribution in [0.3, 0.4) is 0 Å². The Morgan fingerprint density at radius 2 is 1.61 bits per heavy atom. The minimum absolute atomic E-state index is 0.560. The number of nitrogens with zero attached hydrogens (tertiary/aromatic N) is 2. The molecule has 0 saturated heterocycles. The Morgan fingerprint density at radius 3 is 2.25 bits per heavy atom. The van der Waals surface area contributed by atoms with Gasteiger partial charge in [-0.05, 0) is 49.6 Å². The van der Waals surface area contributed by atoms with Crippen molar-refractivity contribution in [3.05, 3.63) is 71.6 Å². The smallest absolute Gasteiger partial charge is 0.162 e. The SMILES string of the molecule is C=C(Nc1cnc(-c2cc3c(cc2C)OCCO3)cn1)c1c(C)cccc1C. The molecule has 1 N–H and O–H groups in total. The third-order valence-corrected chi connectivity index (χ3v) is 4.88. The molecule has 0 unspecified atom stereocenters. The summed E-state index contributed by atoms with van der Waals surface area (Å²) in [5, 5.41) is 3.27. The molecule has 1 aliphatic heterocycles. The quantitative estimate of drug-likeness (QED) is 0.703. The van der Waals surface area contributed by atoms with Crippen molar-refractivity contribution in [3.63, 3.8) is 0 Å². The van der Waals surface area contributed by atoms with E-state index in [4.69, 9.17) is 9.47 Å². The van der Waals surface area contributed by atoms with Crippen molar-refractivity contribution in [2.75, 3.05) is 18.5 Å². The van der Waals surface area contributed by atoms with Crippen LogP contribution in [-0.4, -0.2) is 23.2 Å². The van der Waals surface area contributed by atoms with E-state index in [0.29, 0.717) is 19.0 Å². The van der Waals surface area contributed by atoms with E-state index in [1.807, 2.05) is 25.1 Å². The van der Waals surface area contributed by atoms with Crippen LogP contribution in [0.5, 0.6) is 11.5 Å². The van der Waals surface area contributed by atoms with Gasteiger partial charge in [0, 0.05) is 16.8 Å². The van der Waals surface area contributed by atoms with Crippen molar-refractivity contribution >= 4 is 11.5 Å². The number of aromatic nitrogens is 2. The van der Waals surface area contributed by atoms with E-state index >= 15 is 0 Å². The summed E-state index contributed by atoms with van der Waals surface area (Å²) >= 11 is 0. The topological polar surface area (TPSA) is 56.3 Å². The second-order valence-corrected chi connectivity index (χ2v) is 6.97. The predicted molar refractivity (Wildman–Crippen MR) is 112 cm³/mol. The molecule has 3 aromatic rings. The van der Waals surface area contributed by atoms with Gasteiger partial charge < -0.3 is 14.8 Å². The Labute approximate surface area is 165 Å². The lowest BCUT2D eigenvalue weighted by Gasteiger charge is -2.20. The highest BCUT2D eigenvalue weighted by Crippen LogP contribution is 2.36. The number of anilines is 1. The number of nitrogens with one attached hydrogen (secondary N) is 1. The van der Waals surface area contributed by atoms with Gasteiger partial charge in [0.1, 0.15) is 19.0 Å². The second-order valence-electron chi connectivity index (χ2n) is 6.97. The van der Waals surface area contributed by atoms with Crippen LogP contribution in [-0.2, 0) is 0 Å². The standard InChI is InChI=1S/C23H23N3O2/c1-14-6-5-7-15(2)23(14)17(4)26-22-13-24-19(12-25-22)18-11-21-20(10-16(18)3)27-8-9-28-21/h5-7,10-13H,4,8-9H2,1-3H3,(H,25,26). The van der Waals surface area contributed by atoms with Gasteiger partial charge in [-0.3, -0.25) is 4.98 Å². The monoisotopic (exact) mass is 373 g/mol. The molecule has 0 saturated carbocycles. The van der Waals surface area contributed by atoms with Crippen LogP contribution < -0.4 is 14.8 Å². The Hall–Kier alpha value is -3.34. The van der Waals surface area contributed by atoms with Gasteiger partial charge >= 0.3 is 0 Å². The van der Waals surface area contributed by atoms with Gasteiger partial charge in [-0.15, -0.1) is 0 Å². The molecule has 0 bridgehead atoms. The zero-order chi connectivity index (χ0) is 19.7. The van der Waals surface area contributed by atoms with Crippen LogP contribution in [0, 0.1) is 20.8 Å². The number of rotatable bonds is 4. The fraction of sp³-hybridized carbons (Fsp3) is 0.217. The fourth-order valence-electron chi connectivity index (χ4n) is 3.51. The molecule has 5 nitrogen and oxygen atoms in total. The van der Waals surface area contributed by atoms with E-state index in [0.717, 1.165) is 39.6 Å². The number of hydrogen-bond acceptors (Lipinski definition) is 5. The summed E-state index contributed by atoms with van der Waals surface area (Å²) in [6, 6.07) is 10.2. The highest BCUT2D eigenvalue weighted by molar-refractivity contribution is 5.77. The number of fused-ring (bicyclic) bond motifs is 1. The third-order valence-electron chi connectivity index (χ3n) is 4.88. The van der Waals surface area contributed by atoms with Gasteiger partial charge in [0.25, 0.3) is 0 Å². The van der Waals surface area contributed by atoms with Gasteiger partial charge in [0.2, 0.25) is 0 Å². The summed E-state index contributed by atoms with van der Waals surface area (Å²) < 4.78 is 11.3. The lowest BCUT2D eigenvalue weighted by molar-refractivity contribution is 0.171. The summed E-state index contributed by atoms with van der Waals surface area (Å²) in [5.41, 5.74) is 7.11. The molecule has 2 heterocycles. The Kier molecular flexibility index (Phi) is 4.74. The van der Waals surface area contributed by atoms with Crippen LogP contribution in [0.4, 0.5) is 5.82 Å². The van der Waals surface area contributed by atoms with Gasteiger partial charge in [0.05, 0.1) is 18.1 Å². The maximum Gasteiger partial charge on any atom is 0.162 e. The molecule has 0 amide bonds. The van der Waals surface area contributed by atoms with Crippen LogP contribution in [0.25, 0.3) is 17.0 Å². The zero-order valence-electron chi connectivity index (χ0n) is 16.4. The lowest BCUT2D eigenvalue weighted by atomic mass is 10.0. The average molecular weight is 373 g/mol. The first-order valence-corrected chi connectivity index (χ1v) is 9.28. The van der Waals surface area contributed by atoms with Crippen molar-refractivity contribution in [2.24, 2.45) is 0 Å². The highest BCUT2D eigenvalue weighted by Gasteiger charge is 2.16. The van der Waals surface area contributed by atoms with E-state index in [1.165, 1.54) is 11.1 Å². The van der Waals surface area contributed by atoms with Crippen LogP contribution in [0.15, 0.2) is 49.3 Å². The third kappa shape index (κ3) is 3.43. The van der Waals surface area contributed by atoms with Gasteiger partial charge in [0.15, 0.2) is 11.5 Å². The molecule has 5 heteroatoms. The first-order valence-electron chi connectivity index (χ1n) is 9.28. The summed E-state index contributed by atoms with van der Waals surface area (Å²) in [5.74, 6) is 2.19. The first-order chi connectivity index (χ1) is 13.5. The first kappa shape index (κ1) is 18.0. The number of benzene rings is 2. The summed E-state index contributed by atoms with van der Waals surface area (Å²) in [6.45, 7) is 11.5. The molecule has 0 atom stereocenters. The minimum Gasteiger partial charge on any atom is -0.486 e. The Bertz CT molecular complexity index is 1020. The molecule has 0 spiro atoms.